The molecule has 560 valence electrons. The van der Waals surface area contributed by atoms with Gasteiger partial charge in [-0.2, -0.15) is 0 Å². The summed E-state index contributed by atoms with van der Waals surface area (Å²) in [5.74, 6) is 0. The fourth-order valence-electron chi connectivity index (χ4n) is 16.1. The summed E-state index contributed by atoms with van der Waals surface area (Å²) in [6.45, 7) is 0. The Morgan fingerprint density at radius 1 is 0.239 bits per heavy atom. The number of pyridine rings is 2. The van der Waals surface area contributed by atoms with Gasteiger partial charge in [-0.15, -0.1) is 0 Å². The summed E-state index contributed by atoms with van der Waals surface area (Å²) < 4.78 is 18.3. The highest BCUT2D eigenvalue weighted by molar-refractivity contribution is 9.10. The van der Waals surface area contributed by atoms with Gasteiger partial charge in [0.1, 0.15) is 22.3 Å². The van der Waals surface area contributed by atoms with Gasteiger partial charge in [-0.25, -0.2) is 0 Å². The van der Waals surface area contributed by atoms with Crippen LogP contribution in [0.1, 0.15) is 14.9 Å². The molecule has 0 fully saturated rings. The van der Waals surface area contributed by atoms with Crippen LogP contribution in [0.2, 0.25) is 0 Å². The quantitative estimate of drug-likeness (QED) is 0.124. The van der Waals surface area contributed by atoms with Crippen molar-refractivity contribution in [2.45, 2.75) is 14.9 Å². The minimum Gasteiger partial charge on any atom is -0.456 e. The molecule has 8 nitrogen and oxygen atoms in total. The van der Waals surface area contributed by atoms with Crippen LogP contribution in [0.25, 0.3) is 166 Å². The summed E-state index contributed by atoms with van der Waals surface area (Å²) >= 11 is 3.61. The summed E-state index contributed by atoms with van der Waals surface area (Å²) in [4.78, 5) is 10.8. The molecule has 0 saturated heterocycles. The van der Waals surface area contributed by atoms with E-state index in [4.69, 9.17) is 8.83 Å². The van der Waals surface area contributed by atoms with Gasteiger partial charge in [0.25, 0.3) is 0 Å². The molecule has 0 aliphatic rings. The van der Waals surface area contributed by atoms with Crippen molar-refractivity contribution in [3.8, 4) is 78.1 Å². The van der Waals surface area contributed by atoms with Crippen LogP contribution in [0.5, 0.6) is 0 Å². The monoisotopic (exact) mass is 1570 g/mol. The fourth-order valence-corrected chi connectivity index (χ4v) is 16.5. The van der Waals surface area contributed by atoms with Crippen molar-refractivity contribution in [1.29, 1.82) is 0 Å². The molecular formula is C108H79BrN6O2. The molecule has 22 aromatic rings. The number of para-hydroxylation sites is 6. The van der Waals surface area contributed by atoms with E-state index >= 15 is 0 Å². The van der Waals surface area contributed by atoms with E-state index in [9.17, 15) is 0 Å². The molecule has 0 saturated carbocycles. The Balaban J connectivity index is 0.000000135. The van der Waals surface area contributed by atoms with E-state index in [0.29, 0.717) is 0 Å². The lowest BCUT2D eigenvalue weighted by Gasteiger charge is -2.26. The molecule has 0 aliphatic heterocycles. The predicted octanol–water partition coefficient (Wildman–Crippen LogP) is 31.1. The van der Waals surface area contributed by atoms with Gasteiger partial charge in [-0.3, -0.25) is 9.97 Å². The molecule has 0 unspecified atom stereocenters. The summed E-state index contributed by atoms with van der Waals surface area (Å²) in [5, 5.41) is 12.8. The Hall–Kier alpha value is -14.9. The van der Waals surface area contributed by atoms with Crippen molar-refractivity contribution >= 4 is 132 Å². The van der Waals surface area contributed by atoms with E-state index in [-0.39, 0.29) is 14.9 Å². The minimum absolute atomic E-state index is 0. The predicted molar refractivity (Wildman–Crippen MR) is 496 cm³/mol. The number of fused-ring (bicyclic) bond motifs is 12. The lowest BCUT2D eigenvalue weighted by Crippen LogP contribution is -2.09. The maximum Gasteiger partial charge on any atom is 0.137 e. The smallest absolute Gasteiger partial charge is 0.137 e. The van der Waals surface area contributed by atoms with Crippen molar-refractivity contribution in [2.24, 2.45) is 0 Å². The van der Waals surface area contributed by atoms with Gasteiger partial charge in [-0.05, 0) is 237 Å². The van der Waals surface area contributed by atoms with E-state index < -0.39 is 0 Å². The first-order valence-corrected chi connectivity index (χ1v) is 39.3. The Morgan fingerprint density at radius 2 is 0.607 bits per heavy atom. The number of nitrogens with zero attached hydrogens (tertiary/aromatic N) is 5. The number of benzene rings is 16. The molecule has 117 heavy (non-hydrogen) atoms. The first kappa shape index (κ1) is 73.6. The zero-order valence-electron chi connectivity index (χ0n) is 62.3. The van der Waals surface area contributed by atoms with Crippen LogP contribution in [-0.2, 0) is 0 Å². The third kappa shape index (κ3) is 14.6. The zero-order chi connectivity index (χ0) is 76.5. The number of nitrogens with one attached hydrogen (secondary N) is 1. The summed E-state index contributed by atoms with van der Waals surface area (Å²) in [5.41, 5.74) is 30.0. The number of anilines is 5. The number of furan rings is 2. The van der Waals surface area contributed by atoms with Gasteiger partial charge in [0.05, 0.1) is 22.1 Å². The van der Waals surface area contributed by atoms with Gasteiger partial charge in [0, 0.05) is 124 Å². The van der Waals surface area contributed by atoms with Gasteiger partial charge in [0.2, 0.25) is 0 Å². The third-order valence-electron chi connectivity index (χ3n) is 21.7. The van der Waals surface area contributed by atoms with Crippen LogP contribution in [0.3, 0.4) is 0 Å². The second kappa shape index (κ2) is 32.3. The molecule has 6 heterocycles. The molecule has 0 aliphatic carbocycles. The SMILES string of the molecule is Brc1cccc(-c2cccc(-c3ccc4c(c3)c3ccccc3n4-c3ccc4c(c3)oc3ccccc34)c2)c1.C.C.c1ccc(N(c2ccc(-c3cccnc3)cc2)c2cccc(-c3cccc(-c4ccc5c(c4)c4ccccc4n5-c4ccc5c(c4)oc4ccccc45)c3)c2)cc1.c1ccc(Nc2ccc(-c3cccnc3)cc2)cc1. The second-order valence-electron chi connectivity index (χ2n) is 28.7. The zero-order valence-corrected chi connectivity index (χ0v) is 63.9. The number of aromatic nitrogens is 4. The van der Waals surface area contributed by atoms with E-state index in [0.717, 1.165) is 121 Å². The fraction of sp³-hybridized carbons (Fsp3) is 0.0185. The molecule has 16 aromatic carbocycles. The average Bonchev–Trinajstić information content (AvgIpc) is 1.59. The van der Waals surface area contributed by atoms with Crippen molar-refractivity contribution in [1.82, 2.24) is 19.1 Å². The Labute approximate surface area is 687 Å². The number of hydrogen-bond donors (Lipinski definition) is 1. The highest BCUT2D eigenvalue weighted by Gasteiger charge is 2.20. The number of rotatable bonds is 13. The highest BCUT2D eigenvalue weighted by Crippen LogP contribution is 2.43. The largest absolute Gasteiger partial charge is 0.456 e. The summed E-state index contributed by atoms with van der Waals surface area (Å²) in [7, 11) is 0. The molecule has 0 bridgehead atoms. The molecule has 0 spiro atoms. The first-order chi connectivity index (χ1) is 56.9. The van der Waals surface area contributed by atoms with Crippen LogP contribution < -0.4 is 10.2 Å². The molecule has 0 atom stereocenters. The van der Waals surface area contributed by atoms with Crippen molar-refractivity contribution in [3.05, 3.63) is 430 Å². The topological polar surface area (TPSA) is 77.2 Å². The molecular weight excluding hydrogens is 1490 g/mol. The maximum atomic E-state index is 6.31. The molecule has 9 heteroatoms. The minimum atomic E-state index is 0. The number of halogens is 1. The Bertz CT molecular complexity index is 7320. The van der Waals surface area contributed by atoms with Gasteiger partial charge < -0.3 is 28.2 Å². The van der Waals surface area contributed by atoms with Gasteiger partial charge in [-0.1, -0.05) is 249 Å². The van der Waals surface area contributed by atoms with E-state index in [2.05, 4.69) is 391 Å². The normalized spacial score (nSPS) is 11.2. The second-order valence-corrected chi connectivity index (χ2v) is 29.6. The molecule has 6 aromatic heterocycles. The molecule has 22 rings (SSSR count). The summed E-state index contributed by atoms with van der Waals surface area (Å²) in [6.07, 6.45) is 7.37. The molecule has 0 amide bonds. The van der Waals surface area contributed by atoms with Crippen LogP contribution in [0.4, 0.5) is 28.4 Å². The number of hydrogen-bond acceptors (Lipinski definition) is 6. The van der Waals surface area contributed by atoms with Crippen molar-refractivity contribution in [2.75, 3.05) is 10.2 Å². The van der Waals surface area contributed by atoms with Crippen LogP contribution in [-0.4, -0.2) is 19.1 Å². The van der Waals surface area contributed by atoms with Gasteiger partial charge in [0.15, 0.2) is 0 Å². The van der Waals surface area contributed by atoms with Crippen LogP contribution in [0.15, 0.2) is 438 Å². The standard InChI is InChI=1S/C53H35N3O.C36H22BrNO.C17H14N2.2CH4/c1-2-15-42(16-3-1)55(43-25-22-36(23-26-43)41-14-10-30-54-35-41)44-17-9-13-39(32-44)37-11-8-12-38(31-37)40-24-29-51-49(33-40)46-18-4-6-20-50(46)56(51)45-27-28-48-47-19-5-7-21-52(47)57-53(48)34-45;37-27-10-6-9-25(20-27)23-7-5-8-24(19-23)26-15-18-34-32(21-26)29-11-1-3-13-33(29)38(34)28-16-17-31-30-12-2-4-14-35(30)39-36(31)22-28;1-2-6-16(7-3-1)19-17-10-8-14(9-11-17)15-5-4-12-18-13-15;;/h1-35H;1-22H;1-13,19H;2*1H4. The molecule has 1 N–H and O–H groups in total. The lowest BCUT2D eigenvalue weighted by atomic mass is 9.97. The summed E-state index contributed by atoms with van der Waals surface area (Å²) in [6, 6.07) is 141. The van der Waals surface area contributed by atoms with E-state index in [1.165, 1.54) is 77.0 Å². The maximum absolute atomic E-state index is 6.31. The van der Waals surface area contributed by atoms with E-state index in [1.807, 2.05) is 73.2 Å². The average molecular weight is 1570 g/mol. The Morgan fingerprint density at radius 3 is 1.10 bits per heavy atom. The van der Waals surface area contributed by atoms with Crippen molar-refractivity contribution < 1.29 is 8.83 Å². The van der Waals surface area contributed by atoms with Crippen LogP contribution >= 0.6 is 15.9 Å². The molecule has 0 radical (unpaired) electrons. The third-order valence-corrected chi connectivity index (χ3v) is 22.1. The van der Waals surface area contributed by atoms with Crippen molar-refractivity contribution in [3.63, 3.8) is 0 Å². The van der Waals surface area contributed by atoms with Gasteiger partial charge >= 0.3 is 0 Å². The highest BCUT2D eigenvalue weighted by atomic mass is 79.9. The van der Waals surface area contributed by atoms with Crippen LogP contribution in [0, 0.1) is 0 Å². The lowest BCUT2D eigenvalue weighted by molar-refractivity contribution is 0.668. The Kier molecular flexibility index (Phi) is 20.3. The van der Waals surface area contributed by atoms with E-state index in [1.54, 1.807) is 6.20 Å². The first-order valence-electron chi connectivity index (χ1n) is 38.5.